The first-order valence-corrected chi connectivity index (χ1v) is 5.12. The van der Waals surface area contributed by atoms with Crippen molar-refractivity contribution in [1.82, 2.24) is 4.57 Å². The maximum Gasteiger partial charge on any atom is 0.340 e. The molecule has 2 aromatic rings. The number of benzene rings is 1. The number of aryl methyl sites for hydroxylation is 1. The number of hydrogen-bond acceptors (Lipinski definition) is 2. The lowest BCUT2D eigenvalue weighted by Gasteiger charge is -2.03. The zero-order valence-electron chi connectivity index (χ0n) is 9.61. The first kappa shape index (κ1) is 11.4. The van der Waals surface area contributed by atoms with Gasteiger partial charge in [-0.15, -0.1) is 0 Å². The summed E-state index contributed by atoms with van der Waals surface area (Å²) < 4.78 is 20.0. The summed E-state index contributed by atoms with van der Waals surface area (Å²) in [7, 11) is 3.08. The van der Waals surface area contributed by atoms with E-state index in [1.807, 2.05) is 0 Å². The van der Waals surface area contributed by atoms with E-state index in [1.54, 1.807) is 42.2 Å². The normalized spacial score (nSPS) is 10.3. The fraction of sp³-hybridized carbons (Fsp3) is 0.154. The van der Waals surface area contributed by atoms with Crippen LogP contribution in [0.5, 0.6) is 0 Å². The Morgan fingerprint density at radius 3 is 2.59 bits per heavy atom. The van der Waals surface area contributed by atoms with E-state index in [0.29, 0.717) is 16.7 Å². The largest absolute Gasteiger partial charge is 0.465 e. The summed E-state index contributed by atoms with van der Waals surface area (Å²) in [6.45, 7) is 0. The van der Waals surface area contributed by atoms with Gasteiger partial charge in [-0.2, -0.15) is 0 Å². The molecule has 0 saturated carbocycles. The molecule has 0 saturated heterocycles. The number of nitrogens with zero attached hydrogens (tertiary/aromatic N) is 1. The standard InChI is InChI=1S/C13H12FNO2/c1-15-7-10(11(8-15)13(16)17-2)9-5-3-4-6-12(9)14/h3-8H,1-2H3. The number of carbonyl (C=O) groups is 1. The van der Waals surface area contributed by atoms with Crippen molar-refractivity contribution < 1.29 is 13.9 Å². The molecule has 0 aliphatic carbocycles. The number of esters is 1. The lowest BCUT2D eigenvalue weighted by Crippen LogP contribution is -2.01. The van der Waals surface area contributed by atoms with Gasteiger partial charge >= 0.3 is 5.97 Å². The van der Waals surface area contributed by atoms with Crippen LogP contribution in [0.1, 0.15) is 10.4 Å². The Kier molecular flexibility index (Phi) is 2.95. The molecule has 4 heteroatoms. The molecule has 0 radical (unpaired) electrons. The van der Waals surface area contributed by atoms with Crippen molar-refractivity contribution in [2.75, 3.05) is 7.11 Å². The molecule has 3 nitrogen and oxygen atoms in total. The van der Waals surface area contributed by atoms with E-state index in [2.05, 4.69) is 4.74 Å². The van der Waals surface area contributed by atoms with Crippen molar-refractivity contribution >= 4 is 5.97 Å². The lowest BCUT2D eigenvalue weighted by atomic mass is 10.0. The molecule has 0 aliphatic heterocycles. The van der Waals surface area contributed by atoms with Crippen LogP contribution in [-0.2, 0) is 11.8 Å². The predicted octanol–water partition coefficient (Wildman–Crippen LogP) is 2.62. The predicted molar refractivity (Wildman–Crippen MR) is 62.1 cm³/mol. The molecule has 0 spiro atoms. The topological polar surface area (TPSA) is 31.2 Å². The van der Waals surface area contributed by atoms with Gasteiger partial charge in [-0.1, -0.05) is 18.2 Å². The molecule has 88 valence electrons. The second-order valence-corrected chi connectivity index (χ2v) is 3.72. The third-order valence-electron chi connectivity index (χ3n) is 2.52. The highest BCUT2D eigenvalue weighted by molar-refractivity contribution is 5.97. The monoisotopic (exact) mass is 233 g/mol. The van der Waals surface area contributed by atoms with E-state index in [0.717, 1.165) is 0 Å². The van der Waals surface area contributed by atoms with Crippen molar-refractivity contribution in [2.45, 2.75) is 0 Å². The second-order valence-electron chi connectivity index (χ2n) is 3.72. The Hall–Kier alpha value is -2.10. The summed E-state index contributed by atoms with van der Waals surface area (Å²) >= 11 is 0. The quantitative estimate of drug-likeness (QED) is 0.746. The third kappa shape index (κ3) is 2.06. The summed E-state index contributed by atoms with van der Waals surface area (Å²) in [6.07, 6.45) is 3.32. The molecule has 1 aromatic carbocycles. The molecule has 0 bridgehead atoms. The van der Waals surface area contributed by atoms with Crippen LogP contribution >= 0.6 is 0 Å². The van der Waals surface area contributed by atoms with Crippen LogP contribution in [-0.4, -0.2) is 17.6 Å². The van der Waals surface area contributed by atoms with Gasteiger partial charge < -0.3 is 9.30 Å². The van der Waals surface area contributed by atoms with Gasteiger partial charge in [0, 0.05) is 30.6 Å². The SMILES string of the molecule is COC(=O)c1cn(C)cc1-c1ccccc1F. The van der Waals surface area contributed by atoms with Crippen LogP contribution < -0.4 is 0 Å². The average molecular weight is 233 g/mol. The minimum atomic E-state index is -0.469. The fourth-order valence-electron chi connectivity index (χ4n) is 1.75. The minimum absolute atomic E-state index is 0.358. The molecular formula is C13H12FNO2. The van der Waals surface area contributed by atoms with E-state index in [1.165, 1.54) is 13.2 Å². The number of aromatic nitrogens is 1. The van der Waals surface area contributed by atoms with E-state index in [9.17, 15) is 9.18 Å². The molecule has 17 heavy (non-hydrogen) atoms. The van der Waals surface area contributed by atoms with Crippen molar-refractivity contribution in [3.8, 4) is 11.1 Å². The molecule has 1 aromatic heterocycles. The highest BCUT2D eigenvalue weighted by Gasteiger charge is 2.17. The van der Waals surface area contributed by atoms with E-state index in [-0.39, 0.29) is 5.82 Å². The van der Waals surface area contributed by atoms with Crippen molar-refractivity contribution in [3.05, 3.63) is 48.0 Å². The summed E-state index contributed by atoms with van der Waals surface area (Å²) in [5, 5.41) is 0. The Morgan fingerprint density at radius 1 is 1.24 bits per heavy atom. The fourth-order valence-corrected chi connectivity index (χ4v) is 1.75. The highest BCUT2D eigenvalue weighted by Crippen LogP contribution is 2.27. The number of ether oxygens (including phenoxy) is 1. The van der Waals surface area contributed by atoms with Crippen molar-refractivity contribution in [1.29, 1.82) is 0 Å². The van der Waals surface area contributed by atoms with Gasteiger partial charge in [-0.25, -0.2) is 9.18 Å². The number of rotatable bonds is 2. The van der Waals surface area contributed by atoms with Gasteiger partial charge in [-0.3, -0.25) is 0 Å². The second kappa shape index (κ2) is 4.41. The van der Waals surface area contributed by atoms with Crippen LogP contribution in [0.25, 0.3) is 11.1 Å². The molecule has 1 heterocycles. The van der Waals surface area contributed by atoms with Gasteiger partial charge in [0.1, 0.15) is 5.82 Å². The maximum absolute atomic E-state index is 13.7. The summed E-state index contributed by atoms with van der Waals surface area (Å²) in [4.78, 5) is 11.6. The smallest absolute Gasteiger partial charge is 0.340 e. The van der Waals surface area contributed by atoms with Crippen molar-refractivity contribution in [3.63, 3.8) is 0 Å². The average Bonchev–Trinajstić information content (AvgIpc) is 2.71. The van der Waals surface area contributed by atoms with Crippen LogP contribution in [0.2, 0.25) is 0 Å². The molecule has 0 unspecified atom stereocenters. The third-order valence-corrected chi connectivity index (χ3v) is 2.52. The maximum atomic E-state index is 13.7. The molecule has 2 rings (SSSR count). The lowest BCUT2D eigenvalue weighted by molar-refractivity contribution is 0.0601. The highest BCUT2D eigenvalue weighted by atomic mass is 19.1. The van der Waals surface area contributed by atoms with Gasteiger partial charge in [-0.05, 0) is 6.07 Å². The zero-order valence-corrected chi connectivity index (χ0v) is 9.61. The van der Waals surface area contributed by atoms with E-state index in [4.69, 9.17) is 0 Å². The van der Waals surface area contributed by atoms with Gasteiger partial charge in [0.2, 0.25) is 0 Å². The van der Waals surface area contributed by atoms with Gasteiger partial charge in [0.15, 0.2) is 0 Å². The summed E-state index contributed by atoms with van der Waals surface area (Å²) in [6, 6.07) is 6.34. The Labute approximate surface area is 98.4 Å². The summed E-state index contributed by atoms with van der Waals surface area (Å²) in [5.41, 5.74) is 1.30. The molecule has 0 fully saturated rings. The van der Waals surface area contributed by atoms with E-state index >= 15 is 0 Å². The zero-order chi connectivity index (χ0) is 12.4. The minimum Gasteiger partial charge on any atom is -0.465 e. The first-order valence-electron chi connectivity index (χ1n) is 5.12. The first-order chi connectivity index (χ1) is 8.13. The molecule has 0 aliphatic rings. The number of halogens is 1. The van der Waals surface area contributed by atoms with Crippen molar-refractivity contribution in [2.24, 2.45) is 7.05 Å². The molecule has 0 amide bonds. The summed E-state index contributed by atoms with van der Waals surface area (Å²) in [5.74, 6) is -0.826. The molecule has 0 atom stereocenters. The Balaban J connectivity index is 2.60. The molecular weight excluding hydrogens is 221 g/mol. The van der Waals surface area contributed by atoms with Crippen LogP contribution in [0, 0.1) is 5.82 Å². The van der Waals surface area contributed by atoms with E-state index < -0.39 is 5.97 Å². The number of methoxy groups -OCH3 is 1. The van der Waals surface area contributed by atoms with Crippen LogP contribution in [0.4, 0.5) is 4.39 Å². The number of hydrogen-bond donors (Lipinski definition) is 0. The Bertz CT molecular complexity index is 560. The number of carbonyl (C=O) groups excluding carboxylic acids is 1. The van der Waals surface area contributed by atoms with Crippen LogP contribution in [0.3, 0.4) is 0 Å². The Morgan fingerprint density at radius 2 is 1.94 bits per heavy atom. The van der Waals surface area contributed by atoms with Gasteiger partial charge in [0.05, 0.1) is 12.7 Å². The van der Waals surface area contributed by atoms with Gasteiger partial charge in [0.25, 0.3) is 0 Å². The molecule has 0 N–H and O–H groups in total. The van der Waals surface area contributed by atoms with Crippen LogP contribution in [0.15, 0.2) is 36.7 Å².